The maximum Gasteiger partial charge on any atom is 0.0652 e. The molecule has 0 saturated carbocycles. The molecule has 7 rings (SSSR count). The summed E-state index contributed by atoms with van der Waals surface area (Å²) < 4.78 is 54.9. The van der Waals surface area contributed by atoms with E-state index in [9.17, 15) is 0 Å². The molecule has 0 N–H and O–H groups in total. The van der Waals surface area contributed by atoms with Gasteiger partial charge in [0.25, 0.3) is 0 Å². The van der Waals surface area contributed by atoms with Crippen LogP contribution in [0, 0.1) is 0 Å². The fourth-order valence-electron chi connectivity index (χ4n) is 4.59. The number of nitrogens with zero attached hydrogens (tertiary/aromatic N) is 1. The summed E-state index contributed by atoms with van der Waals surface area (Å²) in [5.41, 5.74) is 3.05. The molecule has 0 saturated heterocycles. The Kier molecular flexibility index (Phi) is 3.02. The number of rotatable bonds is 2. The predicted octanol–water partition coefficient (Wildman–Crippen LogP) is 9.47. The smallest absolute Gasteiger partial charge is 0.0652 e. The third-order valence-corrected chi connectivity index (χ3v) is 7.55. The zero-order chi connectivity index (χ0) is 27.2. The van der Waals surface area contributed by atoms with E-state index >= 15 is 0 Å². The van der Waals surface area contributed by atoms with E-state index in [1.165, 1.54) is 27.6 Å². The van der Waals surface area contributed by atoms with Crippen LogP contribution in [0.5, 0.6) is 0 Å². The third-order valence-electron chi connectivity index (χ3n) is 6.03. The lowest BCUT2D eigenvalue weighted by molar-refractivity contribution is 1.18. The van der Waals surface area contributed by atoms with E-state index in [1.54, 1.807) is 15.9 Å². The maximum atomic E-state index is 8.67. The van der Waals surface area contributed by atoms with E-state index in [0.717, 1.165) is 15.8 Å². The van der Waals surface area contributed by atoms with Gasteiger partial charge in [-0.2, -0.15) is 0 Å². The average molecular weight is 466 g/mol. The summed E-state index contributed by atoms with van der Waals surface area (Å²) in [6, 6.07) is 22.2. The molecular weight excluding hydrogens is 442 g/mol. The van der Waals surface area contributed by atoms with Gasteiger partial charge in [-0.05, 0) is 41.4 Å². The zero-order valence-corrected chi connectivity index (χ0v) is 18.7. The zero-order valence-electron chi connectivity index (χ0n) is 23.2. The normalized spacial score (nSPS) is 14.3. The molecule has 3 heteroatoms. The van der Waals surface area contributed by atoms with Crippen LogP contribution in [-0.2, 0) is 0 Å². The van der Waals surface area contributed by atoms with Gasteiger partial charge in [0.05, 0.1) is 30.0 Å². The number of benzene rings is 5. The summed E-state index contributed by atoms with van der Waals surface area (Å²) in [6.07, 6.45) is 0. The molecule has 0 aliphatic heterocycles. The van der Waals surface area contributed by atoms with E-state index in [0.29, 0.717) is 21.7 Å². The summed E-state index contributed by atoms with van der Waals surface area (Å²) in [5, 5.41) is 3.19. The van der Waals surface area contributed by atoms with E-state index < -0.39 is 0 Å². The monoisotopic (exact) mass is 465 g/mol. The summed E-state index contributed by atoms with van der Waals surface area (Å²) in [7, 11) is 0. The number of hydrogen-bond acceptors (Lipinski definition) is 1. The highest BCUT2D eigenvalue weighted by molar-refractivity contribution is 7.26. The fourth-order valence-corrected chi connectivity index (χ4v) is 6.09. The first-order valence-corrected chi connectivity index (χ1v) is 11.7. The van der Waals surface area contributed by atoms with Crippen molar-refractivity contribution in [1.82, 2.24) is 4.57 Å². The van der Waals surface area contributed by atoms with Crippen molar-refractivity contribution < 1.29 is 8.22 Å². The van der Waals surface area contributed by atoms with Gasteiger partial charge in [-0.15, -0.1) is 11.3 Å². The van der Waals surface area contributed by atoms with Crippen LogP contribution in [0.2, 0.25) is 5.02 Å². The Morgan fingerprint density at radius 3 is 2.18 bits per heavy atom. The fraction of sp³-hybridized carbons (Fsp3) is 0. The molecule has 0 unspecified atom stereocenters. The van der Waals surface area contributed by atoms with Crippen molar-refractivity contribution in [1.29, 1.82) is 0 Å². The molecule has 7 aromatic rings. The Hall–Kier alpha value is -3.59. The Bertz CT molecular complexity index is 2090. The minimum Gasteiger partial charge on any atom is -0.308 e. The molecule has 33 heavy (non-hydrogen) atoms. The number of fused-ring (bicyclic) bond motifs is 6. The second-order valence-corrected chi connectivity index (χ2v) is 9.30. The van der Waals surface area contributed by atoms with Crippen molar-refractivity contribution in [3.05, 3.63) is 114 Å². The second kappa shape index (κ2) is 7.21. The first kappa shape index (κ1) is 13.8. The van der Waals surface area contributed by atoms with Crippen LogP contribution in [0.4, 0.5) is 0 Å². The lowest BCUT2D eigenvalue weighted by atomic mass is 10.0. The van der Waals surface area contributed by atoms with Crippen LogP contribution in [0.25, 0.3) is 58.8 Å². The number of para-hydroxylation sites is 2. The Morgan fingerprint density at radius 2 is 1.42 bits per heavy atom. The highest BCUT2D eigenvalue weighted by Gasteiger charge is 2.15. The molecule has 156 valence electrons. The second-order valence-electron chi connectivity index (χ2n) is 7.85. The number of thiophene rings is 1. The van der Waals surface area contributed by atoms with Gasteiger partial charge in [-0.3, -0.25) is 0 Å². The summed E-state index contributed by atoms with van der Waals surface area (Å²) >= 11 is 8.67. The molecule has 0 amide bonds. The van der Waals surface area contributed by atoms with E-state index in [2.05, 4.69) is 24.3 Å². The molecule has 2 heterocycles. The third kappa shape index (κ3) is 2.78. The molecule has 1 nitrogen and oxygen atoms in total. The van der Waals surface area contributed by atoms with Gasteiger partial charge in [-0.1, -0.05) is 90.4 Å². The average Bonchev–Trinajstić information content (AvgIpc) is 3.48. The quantitative estimate of drug-likeness (QED) is 0.239. The molecule has 0 bridgehead atoms. The molecule has 0 spiro atoms. The van der Waals surface area contributed by atoms with Crippen LogP contribution in [-0.4, -0.2) is 4.57 Å². The van der Waals surface area contributed by atoms with Gasteiger partial charge < -0.3 is 4.57 Å². The van der Waals surface area contributed by atoms with E-state index in [4.69, 9.17) is 19.8 Å². The lowest BCUT2D eigenvalue weighted by Gasteiger charge is -2.12. The minimum absolute atomic E-state index is 0.0114. The molecule has 0 aliphatic carbocycles. The van der Waals surface area contributed by atoms with Crippen LogP contribution < -0.4 is 0 Å². The topological polar surface area (TPSA) is 4.93 Å². The molecule has 0 atom stereocenters. The predicted molar refractivity (Wildman–Crippen MR) is 144 cm³/mol. The summed E-state index contributed by atoms with van der Waals surface area (Å²) in [5.74, 6) is 0. The maximum absolute atomic E-state index is 8.67. The molecule has 5 aromatic carbocycles. The minimum atomic E-state index is -0.147. The Balaban J connectivity index is 1.53. The van der Waals surface area contributed by atoms with Gasteiger partial charge in [0.15, 0.2) is 0 Å². The van der Waals surface area contributed by atoms with Gasteiger partial charge in [0.2, 0.25) is 0 Å². The highest BCUT2D eigenvalue weighted by Crippen LogP contribution is 2.41. The van der Waals surface area contributed by atoms with Crippen LogP contribution in [0.1, 0.15) is 8.22 Å². The van der Waals surface area contributed by atoms with Crippen molar-refractivity contribution in [3.8, 4) is 16.8 Å². The number of hydrogen-bond donors (Lipinski definition) is 0. The molecule has 0 radical (unpaired) electrons. The molecular formula is C30H18ClNS. The number of halogens is 1. The summed E-state index contributed by atoms with van der Waals surface area (Å²) in [6.45, 7) is 0. The molecule has 2 aromatic heterocycles. The van der Waals surface area contributed by atoms with Crippen molar-refractivity contribution in [2.24, 2.45) is 0 Å². The van der Waals surface area contributed by atoms with E-state index in [-0.39, 0.29) is 47.0 Å². The summed E-state index contributed by atoms with van der Waals surface area (Å²) in [4.78, 5) is 0. The first-order chi connectivity index (χ1) is 18.8. The molecule has 0 aliphatic rings. The van der Waals surface area contributed by atoms with Gasteiger partial charge in [0.1, 0.15) is 0 Å². The van der Waals surface area contributed by atoms with Crippen LogP contribution in [0.15, 0.2) is 109 Å². The van der Waals surface area contributed by atoms with Gasteiger partial charge in [-0.25, -0.2) is 0 Å². The van der Waals surface area contributed by atoms with Crippen molar-refractivity contribution in [2.45, 2.75) is 0 Å². The standard InChI is InChI=1S/C30H18ClNS/c31-25-18-19(20-11-7-12-24-23-10-3-6-15-29(23)33-30(20)24)16-17-28(25)32-26-13-4-1-8-21(26)22-9-2-5-14-27(22)32/h1-18H/i1D,2D,8D,9D,13D,14D. The van der Waals surface area contributed by atoms with Crippen molar-refractivity contribution in [3.63, 3.8) is 0 Å². The highest BCUT2D eigenvalue weighted by atomic mass is 35.5. The van der Waals surface area contributed by atoms with Crippen molar-refractivity contribution >= 4 is 64.9 Å². The lowest BCUT2D eigenvalue weighted by Crippen LogP contribution is -1.95. The Labute approximate surface area is 208 Å². The van der Waals surface area contributed by atoms with Crippen LogP contribution >= 0.6 is 22.9 Å². The SMILES string of the molecule is [2H]c1cc([2H])c2c(c1[2H])c1c([2H])c([2H])cc([2H])c1n2-c1ccc(-c2cccc3c2sc2ccccc23)cc1Cl. The van der Waals surface area contributed by atoms with Gasteiger partial charge in [0, 0.05) is 30.9 Å². The van der Waals surface area contributed by atoms with Gasteiger partial charge >= 0.3 is 0 Å². The van der Waals surface area contributed by atoms with Crippen LogP contribution in [0.3, 0.4) is 0 Å². The van der Waals surface area contributed by atoms with Crippen molar-refractivity contribution in [2.75, 3.05) is 0 Å². The number of aromatic nitrogens is 1. The Morgan fingerprint density at radius 1 is 0.697 bits per heavy atom. The first-order valence-electron chi connectivity index (χ1n) is 13.5. The van der Waals surface area contributed by atoms with E-state index in [1.807, 2.05) is 36.4 Å². The largest absolute Gasteiger partial charge is 0.308 e. The molecule has 0 fully saturated rings.